The first-order valence-electron chi connectivity index (χ1n) is 6.11. The van der Waals surface area contributed by atoms with E-state index in [9.17, 15) is 14.4 Å². The van der Waals surface area contributed by atoms with E-state index >= 15 is 0 Å². The number of aromatic nitrogens is 1. The minimum Gasteiger partial charge on any atom is -0.476 e. The maximum Gasteiger partial charge on any atom is 0.356 e. The number of nitrogens with zero attached hydrogens (tertiary/aromatic N) is 1. The fourth-order valence-electron chi connectivity index (χ4n) is 2.28. The van der Waals surface area contributed by atoms with Crippen molar-refractivity contribution >= 4 is 40.1 Å². The molecule has 0 bridgehead atoms. The summed E-state index contributed by atoms with van der Waals surface area (Å²) in [6, 6.07) is 8.49. The molecule has 0 amide bonds. The van der Waals surface area contributed by atoms with Gasteiger partial charge in [0.1, 0.15) is 5.82 Å². The van der Waals surface area contributed by atoms with Gasteiger partial charge in [0.15, 0.2) is 5.69 Å². The third kappa shape index (κ3) is 2.28. The lowest BCUT2D eigenvalue weighted by molar-refractivity contribution is 0.0649. The molecule has 0 aliphatic rings. The van der Waals surface area contributed by atoms with Gasteiger partial charge >= 0.3 is 5.97 Å². The molecule has 1 heterocycles. The molecule has 3 aromatic rings. The monoisotopic (exact) mass is 339 g/mol. The first-order valence-corrected chi connectivity index (χ1v) is 6.87. The molecule has 2 aromatic carbocycles. The van der Waals surface area contributed by atoms with Crippen LogP contribution in [0.25, 0.3) is 22.0 Å². The standard InChI is InChI=1S/C15H8Cl2FNO3/c16-8-1-2-9(11(17)5-8)7-3-12(18)10-6-14(15(20)21)19(22)13(10)4-7/h1-6,22H,(H,20,21). The van der Waals surface area contributed by atoms with Gasteiger partial charge in [-0.1, -0.05) is 29.3 Å². The maximum absolute atomic E-state index is 14.2. The van der Waals surface area contributed by atoms with Crippen LogP contribution in [0.4, 0.5) is 4.39 Å². The van der Waals surface area contributed by atoms with Crippen molar-refractivity contribution in [2.24, 2.45) is 0 Å². The zero-order valence-electron chi connectivity index (χ0n) is 10.8. The van der Waals surface area contributed by atoms with Crippen molar-refractivity contribution < 1.29 is 19.5 Å². The molecule has 4 nitrogen and oxygen atoms in total. The van der Waals surface area contributed by atoms with Crippen LogP contribution in [-0.2, 0) is 0 Å². The molecule has 0 unspecified atom stereocenters. The summed E-state index contributed by atoms with van der Waals surface area (Å²) >= 11 is 11.9. The molecule has 0 saturated carbocycles. The van der Waals surface area contributed by atoms with Crippen LogP contribution in [0, 0.1) is 5.82 Å². The molecule has 1 aromatic heterocycles. The lowest BCUT2D eigenvalue weighted by atomic mass is 10.0. The predicted molar refractivity (Wildman–Crippen MR) is 81.5 cm³/mol. The Bertz CT molecular complexity index is 921. The lowest BCUT2D eigenvalue weighted by Gasteiger charge is -2.07. The Hall–Kier alpha value is -2.24. The molecule has 0 spiro atoms. The highest BCUT2D eigenvalue weighted by Gasteiger charge is 2.18. The Morgan fingerprint density at radius 2 is 1.86 bits per heavy atom. The van der Waals surface area contributed by atoms with E-state index in [0.717, 1.165) is 6.07 Å². The highest BCUT2D eigenvalue weighted by atomic mass is 35.5. The first kappa shape index (κ1) is 14.7. The van der Waals surface area contributed by atoms with Crippen molar-refractivity contribution in [1.29, 1.82) is 0 Å². The van der Waals surface area contributed by atoms with Crippen molar-refractivity contribution in [1.82, 2.24) is 4.73 Å². The van der Waals surface area contributed by atoms with E-state index in [4.69, 9.17) is 28.3 Å². The molecular formula is C15H8Cl2FNO3. The van der Waals surface area contributed by atoms with E-state index in [1.54, 1.807) is 12.1 Å². The number of carbonyl (C=O) groups is 1. The summed E-state index contributed by atoms with van der Waals surface area (Å²) in [6.45, 7) is 0. The normalized spacial score (nSPS) is 11.0. The summed E-state index contributed by atoms with van der Waals surface area (Å²) in [7, 11) is 0. The lowest BCUT2D eigenvalue weighted by Crippen LogP contribution is -2.04. The third-order valence-electron chi connectivity index (χ3n) is 3.31. The van der Waals surface area contributed by atoms with Crippen LogP contribution < -0.4 is 0 Å². The van der Waals surface area contributed by atoms with Gasteiger partial charge in [0.05, 0.1) is 5.52 Å². The molecule has 0 radical (unpaired) electrons. The summed E-state index contributed by atoms with van der Waals surface area (Å²) in [5.41, 5.74) is 0.536. The average molecular weight is 340 g/mol. The maximum atomic E-state index is 14.2. The Morgan fingerprint density at radius 1 is 1.14 bits per heavy atom. The first-order chi connectivity index (χ1) is 10.4. The molecular weight excluding hydrogens is 332 g/mol. The van der Waals surface area contributed by atoms with Crippen LogP contribution in [0.15, 0.2) is 36.4 Å². The SMILES string of the molecule is O=C(O)c1cc2c(F)cc(-c3ccc(Cl)cc3Cl)cc2n1O. The molecule has 0 aliphatic heterocycles. The number of hydrogen-bond donors (Lipinski definition) is 2. The number of carboxylic acids is 1. The predicted octanol–water partition coefficient (Wildman–Crippen LogP) is 4.69. The zero-order valence-corrected chi connectivity index (χ0v) is 12.4. The number of hydrogen-bond acceptors (Lipinski definition) is 2. The van der Waals surface area contributed by atoms with E-state index in [1.165, 1.54) is 18.2 Å². The van der Waals surface area contributed by atoms with Gasteiger partial charge in [-0.2, -0.15) is 4.73 Å². The number of fused-ring (bicyclic) bond motifs is 1. The fourth-order valence-corrected chi connectivity index (χ4v) is 2.80. The summed E-state index contributed by atoms with van der Waals surface area (Å²) in [5.74, 6) is -2.02. The molecule has 0 saturated heterocycles. The van der Waals surface area contributed by atoms with Crippen LogP contribution in [0.3, 0.4) is 0 Å². The fraction of sp³-hybridized carbons (Fsp3) is 0. The Labute approximate surface area is 133 Å². The van der Waals surface area contributed by atoms with Crippen molar-refractivity contribution in [3.05, 3.63) is 58.0 Å². The largest absolute Gasteiger partial charge is 0.476 e. The minimum absolute atomic E-state index is 0.00809. The molecule has 7 heteroatoms. The zero-order chi connectivity index (χ0) is 16.0. The van der Waals surface area contributed by atoms with Gasteiger partial charge < -0.3 is 10.3 Å². The number of carboxylic acid groups (broad SMARTS) is 1. The van der Waals surface area contributed by atoms with Gasteiger partial charge in [-0.25, -0.2) is 9.18 Å². The van der Waals surface area contributed by atoms with Crippen LogP contribution in [-0.4, -0.2) is 21.0 Å². The average Bonchev–Trinajstić information content (AvgIpc) is 2.77. The van der Waals surface area contributed by atoms with Crippen molar-refractivity contribution in [3.63, 3.8) is 0 Å². The Kier molecular flexibility index (Phi) is 3.47. The second kappa shape index (κ2) is 5.19. The Morgan fingerprint density at radius 3 is 2.50 bits per heavy atom. The van der Waals surface area contributed by atoms with Crippen molar-refractivity contribution in [2.45, 2.75) is 0 Å². The summed E-state index contributed by atoms with van der Waals surface area (Å²) in [5, 5.41) is 19.6. The van der Waals surface area contributed by atoms with Gasteiger partial charge in [0, 0.05) is 21.0 Å². The van der Waals surface area contributed by atoms with Crippen LogP contribution in [0.5, 0.6) is 0 Å². The van der Waals surface area contributed by atoms with Gasteiger partial charge in [0.25, 0.3) is 0 Å². The number of aromatic carboxylic acids is 1. The second-order valence-electron chi connectivity index (χ2n) is 4.66. The highest BCUT2D eigenvalue weighted by Crippen LogP contribution is 2.34. The minimum atomic E-state index is -1.36. The smallest absolute Gasteiger partial charge is 0.356 e. The topological polar surface area (TPSA) is 62.5 Å². The van der Waals surface area contributed by atoms with E-state index in [1.807, 2.05) is 0 Å². The third-order valence-corrected chi connectivity index (χ3v) is 3.85. The van der Waals surface area contributed by atoms with Crippen molar-refractivity contribution in [2.75, 3.05) is 0 Å². The number of rotatable bonds is 2. The van der Waals surface area contributed by atoms with Crippen molar-refractivity contribution in [3.8, 4) is 11.1 Å². The molecule has 0 fully saturated rings. The van der Waals surface area contributed by atoms with E-state index in [2.05, 4.69) is 0 Å². The Balaban J connectivity index is 2.28. The van der Waals surface area contributed by atoms with Gasteiger partial charge in [-0.05, 0) is 35.9 Å². The second-order valence-corrected chi connectivity index (χ2v) is 5.51. The van der Waals surface area contributed by atoms with Gasteiger partial charge in [-0.3, -0.25) is 0 Å². The molecule has 112 valence electrons. The van der Waals surface area contributed by atoms with Crippen LogP contribution >= 0.6 is 23.2 Å². The van der Waals surface area contributed by atoms with E-state index in [-0.39, 0.29) is 10.9 Å². The van der Waals surface area contributed by atoms with E-state index in [0.29, 0.717) is 25.9 Å². The number of benzene rings is 2. The summed E-state index contributed by atoms with van der Waals surface area (Å²) < 4.78 is 14.7. The number of halogens is 3. The van der Waals surface area contributed by atoms with Gasteiger partial charge in [0.2, 0.25) is 0 Å². The van der Waals surface area contributed by atoms with Crippen LogP contribution in [0.2, 0.25) is 10.0 Å². The summed E-state index contributed by atoms with van der Waals surface area (Å²) in [4.78, 5) is 11.0. The quantitative estimate of drug-likeness (QED) is 0.665. The molecule has 22 heavy (non-hydrogen) atoms. The van der Waals surface area contributed by atoms with E-state index < -0.39 is 17.5 Å². The molecule has 0 aliphatic carbocycles. The molecule has 0 atom stereocenters. The molecule has 3 rings (SSSR count). The highest BCUT2D eigenvalue weighted by molar-refractivity contribution is 6.36. The van der Waals surface area contributed by atoms with Crippen LogP contribution in [0.1, 0.15) is 10.5 Å². The molecule has 2 N–H and O–H groups in total. The van der Waals surface area contributed by atoms with Gasteiger partial charge in [-0.15, -0.1) is 0 Å². The summed E-state index contributed by atoms with van der Waals surface area (Å²) in [6.07, 6.45) is 0.